The van der Waals surface area contributed by atoms with Crippen LogP contribution in [0, 0.1) is 12.7 Å². The molecular formula is C14H15FN4. The second-order valence-electron chi connectivity index (χ2n) is 4.85. The molecule has 98 valence electrons. The molecule has 4 nitrogen and oxygen atoms in total. The average molecular weight is 258 g/mol. The van der Waals surface area contributed by atoms with Gasteiger partial charge in [-0.05, 0) is 31.9 Å². The number of nitrogens with one attached hydrogen (secondary N) is 1. The van der Waals surface area contributed by atoms with E-state index >= 15 is 0 Å². The van der Waals surface area contributed by atoms with Crippen LogP contribution in [0.15, 0.2) is 24.3 Å². The van der Waals surface area contributed by atoms with Crippen LogP contribution in [0.3, 0.4) is 0 Å². The van der Waals surface area contributed by atoms with Crippen LogP contribution >= 0.6 is 0 Å². The zero-order valence-electron chi connectivity index (χ0n) is 10.7. The van der Waals surface area contributed by atoms with Gasteiger partial charge in [0.1, 0.15) is 23.3 Å². The Labute approximate surface area is 110 Å². The first-order chi connectivity index (χ1) is 9.13. The van der Waals surface area contributed by atoms with Crippen molar-refractivity contribution < 1.29 is 4.39 Å². The number of nitrogen functional groups attached to an aromatic ring is 1. The van der Waals surface area contributed by atoms with Gasteiger partial charge < -0.3 is 11.1 Å². The molecule has 19 heavy (non-hydrogen) atoms. The van der Waals surface area contributed by atoms with Gasteiger partial charge in [0, 0.05) is 23.2 Å². The molecule has 0 radical (unpaired) electrons. The summed E-state index contributed by atoms with van der Waals surface area (Å²) in [6, 6.07) is 6.57. The summed E-state index contributed by atoms with van der Waals surface area (Å²) < 4.78 is 13.5. The molecule has 1 heterocycles. The van der Waals surface area contributed by atoms with Crippen LogP contribution in [0.2, 0.25) is 0 Å². The molecule has 0 atom stereocenters. The molecule has 0 aliphatic heterocycles. The number of benzene rings is 1. The topological polar surface area (TPSA) is 63.8 Å². The fraction of sp³-hybridized carbons (Fsp3) is 0.286. The average Bonchev–Trinajstić information content (AvgIpc) is 3.18. The molecule has 5 heteroatoms. The van der Waals surface area contributed by atoms with Gasteiger partial charge >= 0.3 is 0 Å². The number of hydrogen-bond donors (Lipinski definition) is 2. The van der Waals surface area contributed by atoms with Crippen LogP contribution in [0.25, 0.3) is 0 Å². The molecule has 1 aliphatic carbocycles. The Morgan fingerprint density at radius 2 is 2.11 bits per heavy atom. The van der Waals surface area contributed by atoms with E-state index in [1.165, 1.54) is 6.07 Å². The van der Waals surface area contributed by atoms with E-state index in [4.69, 9.17) is 5.73 Å². The lowest BCUT2D eigenvalue weighted by Gasteiger charge is -2.10. The molecular weight excluding hydrogens is 243 g/mol. The number of nitrogens with two attached hydrogens (primary N) is 1. The van der Waals surface area contributed by atoms with Gasteiger partial charge in [-0.15, -0.1) is 0 Å². The summed E-state index contributed by atoms with van der Waals surface area (Å²) in [6.07, 6.45) is 2.23. The highest BCUT2D eigenvalue weighted by atomic mass is 19.1. The quantitative estimate of drug-likeness (QED) is 0.887. The number of anilines is 3. The van der Waals surface area contributed by atoms with Crippen LogP contribution in [0.1, 0.15) is 30.1 Å². The second kappa shape index (κ2) is 4.50. The first-order valence-electron chi connectivity index (χ1n) is 6.30. The zero-order valence-corrected chi connectivity index (χ0v) is 10.7. The lowest BCUT2D eigenvalue weighted by atomic mass is 10.2. The molecule has 0 saturated heterocycles. The van der Waals surface area contributed by atoms with Crippen LogP contribution in [0.5, 0.6) is 0 Å². The fourth-order valence-corrected chi connectivity index (χ4v) is 1.95. The number of hydrogen-bond acceptors (Lipinski definition) is 4. The third-order valence-corrected chi connectivity index (χ3v) is 3.24. The van der Waals surface area contributed by atoms with Crippen molar-refractivity contribution in [2.75, 3.05) is 11.1 Å². The minimum Gasteiger partial charge on any atom is -0.384 e. The maximum atomic E-state index is 13.5. The molecule has 1 fully saturated rings. The fourth-order valence-electron chi connectivity index (χ4n) is 1.95. The Morgan fingerprint density at radius 1 is 1.32 bits per heavy atom. The smallest absolute Gasteiger partial charge is 0.136 e. The van der Waals surface area contributed by atoms with Crippen LogP contribution < -0.4 is 11.1 Å². The predicted molar refractivity (Wildman–Crippen MR) is 72.8 cm³/mol. The molecule has 1 saturated carbocycles. The van der Waals surface area contributed by atoms with Gasteiger partial charge in [-0.3, -0.25) is 0 Å². The lowest BCUT2D eigenvalue weighted by molar-refractivity contribution is 0.619. The summed E-state index contributed by atoms with van der Waals surface area (Å²) in [6.45, 7) is 1.73. The highest BCUT2D eigenvalue weighted by Gasteiger charge is 2.27. The maximum absolute atomic E-state index is 13.5. The predicted octanol–water partition coefficient (Wildman–Crippen LogP) is 3.13. The molecule has 1 aromatic carbocycles. The normalized spacial score (nSPS) is 14.4. The molecule has 0 amide bonds. The number of halogens is 1. The highest BCUT2D eigenvalue weighted by Crippen LogP contribution is 2.38. The summed E-state index contributed by atoms with van der Waals surface area (Å²) >= 11 is 0. The van der Waals surface area contributed by atoms with Crippen molar-refractivity contribution in [3.05, 3.63) is 41.5 Å². The second-order valence-corrected chi connectivity index (χ2v) is 4.85. The number of rotatable bonds is 3. The van der Waals surface area contributed by atoms with E-state index < -0.39 is 0 Å². The van der Waals surface area contributed by atoms with E-state index in [9.17, 15) is 4.39 Å². The van der Waals surface area contributed by atoms with Crippen molar-refractivity contribution >= 4 is 17.3 Å². The summed E-state index contributed by atoms with van der Waals surface area (Å²) in [5, 5.41) is 3.11. The van der Waals surface area contributed by atoms with Crippen molar-refractivity contribution in [1.82, 2.24) is 9.97 Å². The SMILES string of the molecule is Cc1c(F)cccc1Nc1cc(N)nc(C2CC2)n1. The molecule has 3 rings (SSSR count). The van der Waals surface area contributed by atoms with Gasteiger partial charge in [0.15, 0.2) is 0 Å². The molecule has 1 aromatic heterocycles. The highest BCUT2D eigenvalue weighted by molar-refractivity contribution is 5.62. The summed E-state index contributed by atoms with van der Waals surface area (Å²) in [5.74, 6) is 2.01. The largest absolute Gasteiger partial charge is 0.384 e. The summed E-state index contributed by atoms with van der Waals surface area (Å²) in [7, 11) is 0. The van der Waals surface area contributed by atoms with Crippen molar-refractivity contribution in [3.63, 3.8) is 0 Å². The van der Waals surface area contributed by atoms with Crippen molar-refractivity contribution in [1.29, 1.82) is 0 Å². The summed E-state index contributed by atoms with van der Waals surface area (Å²) in [5.41, 5.74) is 7.04. The van der Waals surface area contributed by atoms with Gasteiger partial charge in [0.05, 0.1) is 0 Å². The van der Waals surface area contributed by atoms with Gasteiger partial charge in [0.25, 0.3) is 0 Å². The van der Waals surface area contributed by atoms with Gasteiger partial charge in [-0.1, -0.05) is 6.07 Å². The standard InChI is InChI=1S/C14H15FN4/c1-8-10(15)3-2-4-11(8)17-13-7-12(16)18-14(19-13)9-5-6-9/h2-4,7,9H,5-6H2,1H3,(H3,16,17,18,19). The minimum atomic E-state index is -0.241. The monoisotopic (exact) mass is 258 g/mol. The van der Waals surface area contributed by atoms with E-state index in [0.717, 1.165) is 18.7 Å². The van der Waals surface area contributed by atoms with E-state index in [2.05, 4.69) is 15.3 Å². The molecule has 0 unspecified atom stereocenters. The Kier molecular flexibility index (Phi) is 2.81. The Hall–Kier alpha value is -2.17. The molecule has 0 bridgehead atoms. The minimum absolute atomic E-state index is 0.241. The third-order valence-electron chi connectivity index (χ3n) is 3.24. The molecule has 1 aliphatic rings. The molecule has 0 spiro atoms. The Bertz CT molecular complexity index is 623. The Morgan fingerprint density at radius 3 is 2.84 bits per heavy atom. The van der Waals surface area contributed by atoms with Crippen molar-refractivity contribution in [3.8, 4) is 0 Å². The molecule has 2 aromatic rings. The van der Waals surface area contributed by atoms with Crippen LogP contribution in [-0.2, 0) is 0 Å². The van der Waals surface area contributed by atoms with E-state index in [0.29, 0.717) is 28.8 Å². The summed E-state index contributed by atoms with van der Waals surface area (Å²) in [4.78, 5) is 8.67. The van der Waals surface area contributed by atoms with Gasteiger partial charge in [0.2, 0.25) is 0 Å². The van der Waals surface area contributed by atoms with E-state index in [-0.39, 0.29) is 5.82 Å². The first-order valence-corrected chi connectivity index (χ1v) is 6.30. The van der Waals surface area contributed by atoms with Crippen LogP contribution in [-0.4, -0.2) is 9.97 Å². The Balaban J connectivity index is 1.92. The van der Waals surface area contributed by atoms with Crippen molar-refractivity contribution in [2.24, 2.45) is 0 Å². The van der Waals surface area contributed by atoms with E-state index in [1.54, 1.807) is 19.1 Å². The van der Waals surface area contributed by atoms with E-state index in [1.807, 2.05) is 6.07 Å². The molecule has 3 N–H and O–H groups in total. The maximum Gasteiger partial charge on any atom is 0.136 e. The first kappa shape index (κ1) is 11.9. The van der Waals surface area contributed by atoms with Crippen molar-refractivity contribution in [2.45, 2.75) is 25.7 Å². The third kappa shape index (κ3) is 2.50. The van der Waals surface area contributed by atoms with Crippen LogP contribution in [0.4, 0.5) is 21.7 Å². The van der Waals surface area contributed by atoms with Gasteiger partial charge in [-0.2, -0.15) is 0 Å². The zero-order chi connectivity index (χ0) is 13.4. The lowest BCUT2D eigenvalue weighted by Crippen LogP contribution is -2.03. The number of aromatic nitrogens is 2. The number of nitrogens with zero attached hydrogens (tertiary/aromatic N) is 2. The van der Waals surface area contributed by atoms with Gasteiger partial charge in [-0.25, -0.2) is 14.4 Å².